The summed E-state index contributed by atoms with van der Waals surface area (Å²) in [5, 5.41) is 3.20. The van der Waals surface area contributed by atoms with Crippen molar-refractivity contribution in [3.8, 4) is 17.2 Å². The van der Waals surface area contributed by atoms with Crippen LogP contribution in [0.5, 0.6) is 17.2 Å². The lowest BCUT2D eigenvalue weighted by Crippen LogP contribution is -2.37. The molecule has 2 aliphatic rings. The molecule has 1 saturated heterocycles. The third-order valence-corrected chi connectivity index (χ3v) is 5.27. The van der Waals surface area contributed by atoms with Gasteiger partial charge in [-0.2, -0.15) is 0 Å². The zero-order chi connectivity index (χ0) is 19.3. The van der Waals surface area contributed by atoms with Crippen LogP contribution in [0.15, 0.2) is 42.5 Å². The van der Waals surface area contributed by atoms with Gasteiger partial charge in [0.05, 0.1) is 13.2 Å². The number of methoxy groups -OCH3 is 1. The number of hydrogen-bond donors (Lipinski definition) is 1. The maximum atomic E-state index is 13.0. The van der Waals surface area contributed by atoms with Gasteiger partial charge < -0.3 is 24.4 Å². The summed E-state index contributed by atoms with van der Waals surface area (Å²) >= 11 is 0. The molecule has 0 aliphatic carbocycles. The van der Waals surface area contributed by atoms with E-state index in [9.17, 15) is 4.79 Å². The van der Waals surface area contributed by atoms with Gasteiger partial charge in [0.15, 0.2) is 11.5 Å². The Balaban J connectivity index is 1.52. The fraction of sp³-hybridized carbons (Fsp3) is 0.409. The van der Waals surface area contributed by atoms with Gasteiger partial charge in [0.1, 0.15) is 19.0 Å². The average molecular weight is 382 g/mol. The van der Waals surface area contributed by atoms with Crippen LogP contribution in [-0.2, 0) is 0 Å². The first kappa shape index (κ1) is 18.6. The molecule has 28 heavy (non-hydrogen) atoms. The molecule has 1 amide bonds. The minimum Gasteiger partial charge on any atom is -0.497 e. The quantitative estimate of drug-likeness (QED) is 0.832. The number of carbonyl (C=O) groups is 1. The van der Waals surface area contributed by atoms with Crippen molar-refractivity contribution in [1.29, 1.82) is 0 Å². The normalized spacial score (nSPS) is 17.2. The molecule has 2 aromatic rings. The Bertz CT molecular complexity index is 816. The number of fused-ring (bicyclic) bond motifs is 1. The summed E-state index contributed by atoms with van der Waals surface area (Å²) in [4.78, 5) is 15.4. The Morgan fingerprint density at radius 2 is 1.79 bits per heavy atom. The molecule has 2 heterocycles. The maximum Gasteiger partial charge on any atom is 0.251 e. The minimum absolute atomic E-state index is 0.0929. The third-order valence-electron chi connectivity index (χ3n) is 5.27. The van der Waals surface area contributed by atoms with Crippen LogP contribution in [0.25, 0.3) is 0 Å². The van der Waals surface area contributed by atoms with Gasteiger partial charge in [-0.15, -0.1) is 0 Å². The van der Waals surface area contributed by atoms with E-state index in [0.717, 1.165) is 30.9 Å². The summed E-state index contributed by atoms with van der Waals surface area (Å²) in [6, 6.07) is 13.1. The molecule has 0 spiro atoms. The van der Waals surface area contributed by atoms with Crippen LogP contribution >= 0.6 is 0 Å². The molecule has 1 fully saturated rings. The van der Waals surface area contributed by atoms with Crippen molar-refractivity contribution in [2.24, 2.45) is 0 Å². The highest BCUT2D eigenvalue weighted by Crippen LogP contribution is 2.31. The van der Waals surface area contributed by atoms with Gasteiger partial charge in [-0.25, -0.2) is 0 Å². The lowest BCUT2D eigenvalue weighted by molar-refractivity contribution is 0.0926. The number of nitrogens with one attached hydrogen (secondary N) is 1. The van der Waals surface area contributed by atoms with Gasteiger partial charge in [0.25, 0.3) is 5.91 Å². The molecule has 0 saturated carbocycles. The minimum atomic E-state index is -0.114. The number of hydrogen-bond acceptors (Lipinski definition) is 5. The van der Waals surface area contributed by atoms with Crippen LogP contribution in [0.1, 0.15) is 34.8 Å². The van der Waals surface area contributed by atoms with Gasteiger partial charge in [0, 0.05) is 12.1 Å². The summed E-state index contributed by atoms with van der Waals surface area (Å²) in [7, 11) is 1.65. The number of benzene rings is 2. The van der Waals surface area contributed by atoms with E-state index in [2.05, 4.69) is 10.2 Å². The topological polar surface area (TPSA) is 60.0 Å². The number of likely N-dealkylation sites (tertiary alicyclic amines) is 1. The molecule has 2 aliphatic heterocycles. The standard InChI is InChI=1S/C22H26N2O4/c1-26-18-7-4-16(5-8-18)19(15-24-10-2-3-11-24)23-22(25)17-6-9-20-21(14-17)28-13-12-27-20/h4-9,14,19H,2-3,10-13,15H2,1H3,(H,23,25). The van der Waals surface area contributed by atoms with E-state index in [-0.39, 0.29) is 11.9 Å². The number of rotatable bonds is 6. The summed E-state index contributed by atoms with van der Waals surface area (Å²) in [5.41, 5.74) is 1.64. The Kier molecular flexibility index (Phi) is 5.67. The van der Waals surface area contributed by atoms with Crippen LogP contribution in [0.4, 0.5) is 0 Å². The van der Waals surface area contributed by atoms with Crippen molar-refractivity contribution in [2.45, 2.75) is 18.9 Å². The van der Waals surface area contributed by atoms with Gasteiger partial charge in [-0.05, 0) is 61.8 Å². The molecule has 6 heteroatoms. The number of ether oxygens (including phenoxy) is 3. The molecule has 4 rings (SSSR count). The molecule has 0 aromatic heterocycles. The summed E-state index contributed by atoms with van der Waals surface area (Å²) in [6.45, 7) is 3.98. The SMILES string of the molecule is COc1ccc(C(CN2CCCC2)NC(=O)c2ccc3c(c2)OCCO3)cc1. The van der Waals surface area contributed by atoms with Crippen molar-refractivity contribution in [3.05, 3.63) is 53.6 Å². The van der Waals surface area contributed by atoms with E-state index in [1.165, 1.54) is 12.8 Å². The summed E-state index contributed by atoms with van der Waals surface area (Å²) in [5.74, 6) is 2.00. The summed E-state index contributed by atoms with van der Waals surface area (Å²) < 4.78 is 16.4. The van der Waals surface area contributed by atoms with Crippen molar-refractivity contribution in [2.75, 3.05) is 40.0 Å². The first-order valence-electron chi connectivity index (χ1n) is 9.80. The van der Waals surface area contributed by atoms with Gasteiger partial charge in [-0.3, -0.25) is 4.79 Å². The van der Waals surface area contributed by atoms with E-state index in [1.807, 2.05) is 24.3 Å². The first-order chi connectivity index (χ1) is 13.7. The molecule has 6 nitrogen and oxygen atoms in total. The largest absolute Gasteiger partial charge is 0.497 e. The van der Waals surface area contributed by atoms with Crippen molar-refractivity contribution in [3.63, 3.8) is 0 Å². The highest BCUT2D eigenvalue weighted by atomic mass is 16.6. The second kappa shape index (κ2) is 8.52. The van der Waals surface area contributed by atoms with Crippen molar-refractivity contribution >= 4 is 5.91 Å². The maximum absolute atomic E-state index is 13.0. The van der Waals surface area contributed by atoms with Crippen LogP contribution in [-0.4, -0.2) is 50.8 Å². The van der Waals surface area contributed by atoms with E-state index in [1.54, 1.807) is 25.3 Å². The Morgan fingerprint density at radius 3 is 2.50 bits per heavy atom. The van der Waals surface area contributed by atoms with Gasteiger partial charge in [-0.1, -0.05) is 12.1 Å². The molecule has 0 radical (unpaired) electrons. The lowest BCUT2D eigenvalue weighted by atomic mass is 10.0. The Labute approximate surface area is 165 Å². The number of carbonyl (C=O) groups excluding carboxylic acids is 1. The molecule has 1 unspecified atom stereocenters. The Hall–Kier alpha value is -2.73. The van der Waals surface area contributed by atoms with Crippen molar-refractivity contribution in [1.82, 2.24) is 10.2 Å². The predicted molar refractivity (Wildman–Crippen MR) is 106 cm³/mol. The predicted octanol–water partition coefficient (Wildman–Crippen LogP) is 3.03. The zero-order valence-electron chi connectivity index (χ0n) is 16.1. The van der Waals surface area contributed by atoms with E-state index < -0.39 is 0 Å². The first-order valence-corrected chi connectivity index (χ1v) is 9.80. The highest BCUT2D eigenvalue weighted by Gasteiger charge is 2.22. The second-order valence-corrected chi connectivity index (χ2v) is 7.17. The molecule has 1 N–H and O–H groups in total. The van der Waals surface area contributed by atoms with E-state index >= 15 is 0 Å². The lowest BCUT2D eigenvalue weighted by Gasteiger charge is -2.25. The average Bonchev–Trinajstić information content (AvgIpc) is 3.26. The van der Waals surface area contributed by atoms with E-state index in [4.69, 9.17) is 14.2 Å². The fourth-order valence-electron chi connectivity index (χ4n) is 3.72. The number of nitrogens with zero attached hydrogens (tertiary/aromatic N) is 1. The van der Waals surface area contributed by atoms with Crippen LogP contribution in [0.2, 0.25) is 0 Å². The van der Waals surface area contributed by atoms with E-state index in [0.29, 0.717) is 30.3 Å². The molecule has 148 valence electrons. The fourth-order valence-corrected chi connectivity index (χ4v) is 3.72. The number of amides is 1. The van der Waals surface area contributed by atoms with Crippen LogP contribution < -0.4 is 19.5 Å². The monoisotopic (exact) mass is 382 g/mol. The van der Waals surface area contributed by atoms with Crippen LogP contribution in [0.3, 0.4) is 0 Å². The Morgan fingerprint density at radius 1 is 1.07 bits per heavy atom. The van der Waals surface area contributed by atoms with Crippen molar-refractivity contribution < 1.29 is 19.0 Å². The summed E-state index contributed by atoms with van der Waals surface area (Å²) in [6.07, 6.45) is 2.43. The molecule has 2 aromatic carbocycles. The van der Waals surface area contributed by atoms with Gasteiger partial charge >= 0.3 is 0 Å². The van der Waals surface area contributed by atoms with Gasteiger partial charge in [0.2, 0.25) is 0 Å². The van der Waals surface area contributed by atoms with Crippen LogP contribution in [0, 0.1) is 0 Å². The molecule has 1 atom stereocenters. The highest BCUT2D eigenvalue weighted by molar-refractivity contribution is 5.95. The molecular weight excluding hydrogens is 356 g/mol. The molecule has 0 bridgehead atoms. The second-order valence-electron chi connectivity index (χ2n) is 7.17. The third kappa shape index (κ3) is 4.22. The zero-order valence-corrected chi connectivity index (χ0v) is 16.1. The molecular formula is C22H26N2O4. The smallest absolute Gasteiger partial charge is 0.251 e.